The molecule has 2 atom stereocenters. The van der Waals surface area contributed by atoms with Crippen molar-refractivity contribution < 1.29 is 42.1 Å². The van der Waals surface area contributed by atoms with Gasteiger partial charge in [-0.05, 0) is 25.7 Å². The summed E-state index contributed by atoms with van der Waals surface area (Å²) in [7, 11) is 1.47. The maximum atomic E-state index is 12.7. The van der Waals surface area contributed by atoms with Crippen LogP contribution in [0.25, 0.3) is 0 Å². The maximum Gasteiger partial charge on any atom is 0.472 e. The number of allylic oxidation sites excluding steroid dienone is 2. The first-order valence-electron chi connectivity index (χ1n) is 23.4. The number of unbranched alkanes of at least 4 members (excludes halogenated alkanes) is 27. The van der Waals surface area contributed by atoms with E-state index in [0.29, 0.717) is 17.4 Å². The molecule has 2 unspecified atom stereocenters. The van der Waals surface area contributed by atoms with Crippen LogP contribution in [0.1, 0.15) is 219 Å². The van der Waals surface area contributed by atoms with Crippen molar-refractivity contribution >= 4 is 19.8 Å². The van der Waals surface area contributed by atoms with Gasteiger partial charge in [0.25, 0.3) is 0 Å². The van der Waals surface area contributed by atoms with E-state index in [2.05, 4.69) is 19.9 Å². The Balaban J connectivity index is 4.31. The molecule has 0 aromatic heterocycles. The summed E-state index contributed by atoms with van der Waals surface area (Å²) >= 11 is 0. The zero-order chi connectivity index (χ0) is 41.4. The molecule has 0 aromatic carbocycles. The zero-order valence-corrected chi connectivity index (χ0v) is 38.3. The lowest BCUT2D eigenvalue weighted by Crippen LogP contribution is -2.37. The Labute approximate surface area is 346 Å². The number of hydrogen-bond acceptors (Lipinski definition) is 7. The molecule has 9 nitrogen and oxygen atoms in total. The minimum atomic E-state index is -4.38. The highest BCUT2D eigenvalue weighted by Crippen LogP contribution is 2.43. The number of carbonyl (C=O) groups is 2. The zero-order valence-electron chi connectivity index (χ0n) is 37.4. The number of likely N-dealkylation sites (N-methyl/N-ethyl adjacent to an activating group) is 1. The van der Waals surface area contributed by atoms with Gasteiger partial charge in [0, 0.05) is 12.8 Å². The molecular formula is C46H91NO8P+. The lowest BCUT2D eigenvalue weighted by Gasteiger charge is -2.24. The van der Waals surface area contributed by atoms with E-state index in [9.17, 15) is 19.0 Å². The molecule has 0 amide bonds. The summed E-state index contributed by atoms with van der Waals surface area (Å²) in [5.74, 6) is -0.844. The second-order valence-corrected chi connectivity index (χ2v) is 18.6. The van der Waals surface area contributed by atoms with Crippen molar-refractivity contribution in [2.24, 2.45) is 0 Å². The van der Waals surface area contributed by atoms with Crippen LogP contribution in [-0.2, 0) is 32.7 Å². The molecule has 0 fully saturated rings. The maximum absolute atomic E-state index is 12.7. The summed E-state index contributed by atoms with van der Waals surface area (Å²) in [6.45, 7) is 4.41. The number of rotatable bonds is 43. The van der Waals surface area contributed by atoms with Gasteiger partial charge in [0.05, 0.1) is 27.7 Å². The van der Waals surface area contributed by atoms with Gasteiger partial charge in [-0.3, -0.25) is 18.6 Å². The highest BCUT2D eigenvalue weighted by atomic mass is 31.2. The van der Waals surface area contributed by atoms with Crippen molar-refractivity contribution in [2.45, 2.75) is 225 Å². The Hall–Kier alpha value is -1.25. The molecule has 0 rings (SSSR count). The van der Waals surface area contributed by atoms with Crippen LogP contribution in [0.5, 0.6) is 0 Å². The molecule has 0 aliphatic heterocycles. The topological polar surface area (TPSA) is 108 Å². The van der Waals surface area contributed by atoms with Crippen molar-refractivity contribution in [3.8, 4) is 0 Å². The third-order valence-electron chi connectivity index (χ3n) is 10.3. The van der Waals surface area contributed by atoms with E-state index in [1.54, 1.807) is 0 Å². The van der Waals surface area contributed by atoms with Crippen LogP contribution in [0.15, 0.2) is 12.2 Å². The molecule has 0 radical (unpaired) electrons. The number of quaternary nitrogens is 1. The summed E-state index contributed by atoms with van der Waals surface area (Å²) in [6.07, 6.45) is 41.3. The van der Waals surface area contributed by atoms with Crippen LogP contribution in [0.4, 0.5) is 0 Å². The van der Waals surface area contributed by atoms with Gasteiger partial charge in [-0.2, -0.15) is 0 Å². The first-order chi connectivity index (χ1) is 27.0. The van der Waals surface area contributed by atoms with Gasteiger partial charge in [0.2, 0.25) is 0 Å². The lowest BCUT2D eigenvalue weighted by atomic mass is 10.0. The third-order valence-corrected chi connectivity index (χ3v) is 11.3. The summed E-state index contributed by atoms with van der Waals surface area (Å²) < 4.78 is 34.3. The predicted octanol–water partition coefficient (Wildman–Crippen LogP) is 13.4. The Morgan fingerprint density at radius 3 is 1.39 bits per heavy atom. The molecule has 0 saturated heterocycles. The van der Waals surface area contributed by atoms with E-state index in [1.165, 1.54) is 154 Å². The first-order valence-corrected chi connectivity index (χ1v) is 24.9. The largest absolute Gasteiger partial charge is 0.472 e. The molecule has 0 aromatic rings. The lowest BCUT2D eigenvalue weighted by molar-refractivity contribution is -0.870. The van der Waals surface area contributed by atoms with Crippen LogP contribution in [0.2, 0.25) is 0 Å². The smallest absolute Gasteiger partial charge is 0.462 e. The molecular weight excluding hydrogens is 725 g/mol. The SMILES string of the molecule is CCCCCCCCCCCCCCCCC/C=C\CCC(=O)OC(COC(=O)CCCCCCCCCCCCCCC)COP(=O)(O)OCC[N+](C)(C)C. The van der Waals surface area contributed by atoms with Gasteiger partial charge in [0.15, 0.2) is 6.10 Å². The fraction of sp³-hybridized carbons (Fsp3) is 0.913. The molecule has 0 bridgehead atoms. The Morgan fingerprint density at radius 2 is 0.946 bits per heavy atom. The number of esters is 2. The van der Waals surface area contributed by atoms with Crippen molar-refractivity contribution in [2.75, 3.05) is 47.5 Å². The van der Waals surface area contributed by atoms with Gasteiger partial charge in [-0.25, -0.2) is 4.57 Å². The minimum absolute atomic E-state index is 0.0293. The fourth-order valence-corrected chi connectivity index (χ4v) is 7.36. The molecule has 0 spiro atoms. The van der Waals surface area contributed by atoms with Crippen LogP contribution < -0.4 is 0 Å². The van der Waals surface area contributed by atoms with Gasteiger partial charge >= 0.3 is 19.8 Å². The van der Waals surface area contributed by atoms with E-state index in [-0.39, 0.29) is 32.0 Å². The molecule has 0 aliphatic carbocycles. The highest BCUT2D eigenvalue weighted by molar-refractivity contribution is 7.47. The van der Waals surface area contributed by atoms with Crippen molar-refractivity contribution in [3.05, 3.63) is 12.2 Å². The quantitative estimate of drug-likeness (QED) is 0.0213. The standard InChI is InChI=1S/C46H90NO8P/c1-6-8-10-12-14-16-18-20-21-22-23-24-25-27-29-31-33-35-37-39-46(49)55-44(43-54-56(50,51)53-41-40-47(3,4)5)42-52-45(48)38-36-34-32-30-28-26-19-17-15-13-11-9-7-2/h33,35,44H,6-32,34,36-43H2,1-5H3/p+1/b35-33-. The van der Waals surface area contributed by atoms with Crippen LogP contribution in [0, 0.1) is 0 Å². The van der Waals surface area contributed by atoms with E-state index in [4.69, 9.17) is 18.5 Å². The second-order valence-electron chi connectivity index (χ2n) is 17.1. The van der Waals surface area contributed by atoms with Crippen LogP contribution >= 0.6 is 7.82 Å². The molecule has 0 heterocycles. The Bertz CT molecular complexity index is 969. The number of phosphoric acid groups is 1. The first kappa shape index (κ1) is 54.8. The Morgan fingerprint density at radius 1 is 0.536 bits per heavy atom. The van der Waals surface area contributed by atoms with Crippen molar-refractivity contribution in [1.82, 2.24) is 0 Å². The van der Waals surface area contributed by atoms with E-state index in [0.717, 1.165) is 32.1 Å². The van der Waals surface area contributed by atoms with E-state index >= 15 is 0 Å². The van der Waals surface area contributed by atoms with E-state index < -0.39 is 26.5 Å². The van der Waals surface area contributed by atoms with Crippen molar-refractivity contribution in [1.29, 1.82) is 0 Å². The fourth-order valence-electron chi connectivity index (χ4n) is 6.62. The number of nitrogens with zero attached hydrogens (tertiary/aromatic N) is 1. The Kier molecular flexibility index (Phi) is 38.3. The summed E-state index contributed by atoms with van der Waals surface area (Å²) in [5, 5.41) is 0. The monoisotopic (exact) mass is 817 g/mol. The highest BCUT2D eigenvalue weighted by Gasteiger charge is 2.27. The van der Waals surface area contributed by atoms with Gasteiger partial charge in [0.1, 0.15) is 19.8 Å². The third kappa shape index (κ3) is 42.4. The molecule has 0 aliphatic rings. The number of phosphoric ester groups is 1. The summed E-state index contributed by atoms with van der Waals surface area (Å²) in [4.78, 5) is 35.4. The number of hydrogen-bond donors (Lipinski definition) is 1. The molecule has 56 heavy (non-hydrogen) atoms. The van der Waals surface area contributed by atoms with Crippen molar-refractivity contribution in [3.63, 3.8) is 0 Å². The van der Waals surface area contributed by atoms with Crippen LogP contribution in [0.3, 0.4) is 0 Å². The average Bonchev–Trinajstić information content (AvgIpc) is 3.15. The van der Waals surface area contributed by atoms with Gasteiger partial charge in [-0.1, -0.05) is 193 Å². The molecule has 1 N–H and O–H groups in total. The van der Waals surface area contributed by atoms with Crippen LogP contribution in [-0.4, -0.2) is 74.9 Å². The normalized spacial score (nSPS) is 13.6. The van der Waals surface area contributed by atoms with E-state index in [1.807, 2.05) is 27.2 Å². The molecule has 332 valence electrons. The second kappa shape index (κ2) is 39.2. The number of carbonyl (C=O) groups excluding carboxylic acids is 2. The summed E-state index contributed by atoms with van der Waals surface area (Å²) in [5.41, 5.74) is 0. The van der Waals surface area contributed by atoms with Gasteiger partial charge in [-0.15, -0.1) is 0 Å². The molecule has 10 heteroatoms. The molecule has 0 saturated carbocycles. The van der Waals surface area contributed by atoms with Gasteiger partial charge < -0.3 is 18.9 Å². The summed E-state index contributed by atoms with van der Waals surface area (Å²) in [6, 6.07) is 0. The predicted molar refractivity (Wildman–Crippen MR) is 234 cm³/mol. The minimum Gasteiger partial charge on any atom is -0.462 e. The number of ether oxygens (including phenoxy) is 2. The average molecular weight is 817 g/mol.